The van der Waals surface area contributed by atoms with Crippen LogP contribution in [0.25, 0.3) is 11.1 Å². The molecule has 0 atom stereocenters. The van der Waals surface area contributed by atoms with E-state index in [9.17, 15) is 27.9 Å². The molecule has 0 spiro atoms. The highest BCUT2D eigenvalue weighted by atomic mass is 32.1. The molecule has 8 heteroatoms. The number of amides is 1. The van der Waals surface area contributed by atoms with E-state index in [-0.39, 0.29) is 16.1 Å². The van der Waals surface area contributed by atoms with Crippen molar-refractivity contribution in [3.63, 3.8) is 0 Å². The van der Waals surface area contributed by atoms with E-state index in [0.29, 0.717) is 5.56 Å². The van der Waals surface area contributed by atoms with Gasteiger partial charge in [0.1, 0.15) is 10.6 Å². The molecule has 2 aromatic rings. The molecular formula is C15H12F3NO3S. The Labute approximate surface area is 133 Å². The molecule has 1 amide bonds. The van der Waals surface area contributed by atoms with Gasteiger partial charge in [0.15, 0.2) is 0 Å². The van der Waals surface area contributed by atoms with Crippen LogP contribution >= 0.6 is 11.3 Å². The highest BCUT2D eigenvalue weighted by Gasteiger charge is 2.39. The van der Waals surface area contributed by atoms with E-state index in [1.54, 1.807) is 24.4 Å². The molecule has 0 aliphatic carbocycles. The Bertz CT molecular complexity index is 781. The lowest BCUT2D eigenvalue weighted by atomic mass is 9.97. The van der Waals surface area contributed by atoms with E-state index in [2.05, 4.69) is 0 Å². The maximum atomic E-state index is 12.4. The fraction of sp³-hybridized carbons (Fsp3) is 0.200. The van der Waals surface area contributed by atoms with Crippen molar-refractivity contribution in [2.45, 2.75) is 20.0 Å². The number of aromatic carboxylic acids is 1. The fourth-order valence-corrected chi connectivity index (χ4v) is 3.01. The number of carbonyl (C=O) groups excluding carboxylic acids is 1. The van der Waals surface area contributed by atoms with Crippen molar-refractivity contribution < 1.29 is 27.9 Å². The molecule has 2 rings (SSSR count). The van der Waals surface area contributed by atoms with Crippen LogP contribution in [0.2, 0.25) is 0 Å². The highest BCUT2D eigenvalue weighted by Crippen LogP contribution is 2.38. The molecule has 122 valence electrons. The van der Waals surface area contributed by atoms with Crippen molar-refractivity contribution >= 4 is 28.2 Å². The van der Waals surface area contributed by atoms with Crippen LogP contribution in [-0.4, -0.2) is 23.2 Å². The predicted octanol–water partition coefficient (Wildman–Crippen LogP) is 4.23. The van der Waals surface area contributed by atoms with Crippen molar-refractivity contribution in [1.29, 1.82) is 0 Å². The van der Waals surface area contributed by atoms with Crippen LogP contribution in [-0.2, 0) is 4.79 Å². The van der Waals surface area contributed by atoms with E-state index in [4.69, 9.17) is 0 Å². The highest BCUT2D eigenvalue weighted by molar-refractivity contribution is 7.15. The number of alkyl halides is 3. The minimum absolute atomic E-state index is 0.279. The van der Waals surface area contributed by atoms with E-state index < -0.39 is 18.1 Å². The Morgan fingerprint density at radius 2 is 1.83 bits per heavy atom. The molecule has 0 fully saturated rings. The second-order valence-corrected chi connectivity index (χ2v) is 5.81. The minimum atomic E-state index is -5.08. The van der Waals surface area contributed by atoms with Crippen LogP contribution in [0.5, 0.6) is 0 Å². The molecule has 0 aliphatic rings. The number of carbonyl (C=O) groups is 2. The molecule has 1 heterocycles. The van der Waals surface area contributed by atoms with Crippen molar-refractivity contribution in [2.24, 2.45) is 0 Å². The van der Waals surface area contributed by atoms with Gasteiger partial charge in [-0.05, 0) is 25.0 Å². The number of benzene rings is 1. The Hall–Kier alpha value is -2.35. The number of halogens is 3. The summed E-state index contributed by atoms with van der Waals surface area (Å²) in [7, 11) is 0. The molecular weight excluding hydrogens is 331 g/mol. The number of carboxylic acids is 1. The van der Waals surface area contributed by atoms with Crippen molar-refractivity contribution in [3.8, 4) is 11.1 Å². The zero-order chi connectivity index (χ0) is 17.4. The molecule has 0 saturated heterocycles. The van der Waals surface area contributed by atoms with Gasteiger partial charge in [0.2, 0.25) is 0 Å². The molecule has 0 unspecified atom stereocenters. The lowest BCUT2D eigenvalue weighted by Crippen LogP contribution is -2.30. The summed E-state index contributed by atoms with van der Waals surface area (Å²) >= 11 is 0.746. The van der Waals surface area contributed by atoms with Gasteiger partial charge in [-0.2, -0.15) is 13.2 Å². The largest absolute Gasteiger partial charge is 0.478 e. The number of nitrogens with one attached hydrogen (secondary N) is 1. The van der Waals surface area contributed by atoms with Crippen LogP contribution in [0.3, 0.4) is 0 Å². The summed E-state index contributed by atoms with van der Waals surface area (Å²) < 4.78 is 37.1. The zero-order valence-corrected chi connectivity index (χ0v) is 12.9. The first kappa shape index (κ1) is 17.0. The number of thiophene rings is 1. The Balaban J connectivity index is 2.53. The molecule has 1 aromatic carbocycles. The van der Waals surface area contributed by atoms with Gasteiger partial charge in [-0.3, -0.25) is 4.79 Å². The third-order valence-electron chi connectivity index (χ3n) is 3.17. The van der Waals surface area contributed by atoms with Crippen molar-refractivity contribution in [1.82, 2.24) is 0 Å². The monoisotopic (exact) mass is 343 g/mol. The Kier molecular flexibility index (Phi) is 4.46. The van der Waals surface area contributed by atoms with Crippen LogP contribution in [0.4, 0.5) is 18.2 Å². The second-order valence-electron chi connectivity index (χ2n) is 4.93. The Morgan fingerprint density at radius 1 is 1.17 bits per heavy atom. The summed E-state index contributed by atoms with van der Waals surface area (Å²) in [5.41, 5.74) is 2.20. The van der Waals surface area contributed by atoms with Gasteiger partial charge in [0.05, 0.1) is 0 Å². The Morgan fingerprint density at radius 3 is 2.39 bits per heavy atom. The van der Waals surface area contributed by atoms with Gasteiger partial charge < -0.3 is 10.4 Å². The third-order valence-corrected chi connectivity index (χ3v) is 4.07. The maximum absolute atomic E-state index is 12.4. The number of hydrogen-bond donors (Lipinski definition) is 2. The topological polar surface area (TPSA) is 66.4 Å². The van der Waals surface area contributed by atoms with Gasteiger partial charge in [-0.1, -0.05) is 23.8 Å². The van der Waals surface area contributed by atoms with E-state index in [1.807, 2.05) is 13.0 Å². The summed E-state index contributed by atoms with van der Waals surface area (Å²) in [5, 5.41) is 12.1. The second kappa shape index (κ2) is 6.04. The number of carboxylic acid groups (broad SMARTS) is 1. The normalized spacial score (nSPS) is 11.3. The van der Waals surface area contributed by atoms with Gasteiger partial charge in [-0.15, -0.1) is 11.3 Å². The standard InChI is InChI=1S/C15H12F3NO3S/c1-7-3-4-8(2)9(5-7)10-6-23-12(11(10)13(20)21)19-14(22)15(16,17)18/h3-6H,1-2H3,(H,19,22)(H,20,21). The van der Waals surface area contributed by atoms with Crippen molar-refractivity contribution in [3.05, 3.63) is 40.3 Å². The molecule has 0 bridgehead atoms. The number of rotatable bonds is 3. The third kappa shape index (κ3) is 3.53. The molecule has 0 radical (unpaired) electrons. The first-order valence-corrected chi connectivity index (χ1v) is 7.29. The number of hydrogen-bond acceptors (Lipinski definition) is 3. The van der Waals surface area contributed by atoms with Gasteiger partial charge in [-0.25, -0.2) is 4.79 Å². The van der Waals surface area contributed by atoms with E-state index >= 15 is 0 Å². The van der Waals surface area contributed by atoms with Gasteiger partial charge in [0.25, 0.3) is 0 Å². The molecule has 0 saturated carbocycles. The quantitative estimate of drug-likeness (QED) is 0.876. The van der Waals surface area contributed by atoms with Crippen molar-refractivity contribution in [2.75, 3.05) is 5.32 Å². The number of anilines is 1. The average molecular weight is 343 g/mol. The van der Waals surface area contributed by atoms with E-state index in [0.717, 1.165) is 22.5 Å². The maximum Gasteiger partial charge on any atom is 0.471 e. The average Bonchev–Trinajstić information content (AvgIpc) is 2.84. The van der Waals surface area contributed by atoms with Crippen LogP contribution in [0.15, 0.2) is 23.6 Å². The van der Waals surface area contributed by atoms with Crippen LogP contribution in [0.1, 0.15) is 21.5 Å². The summed E-state index contributed by atoms with van der Waals surface area (Å²) in [6.45, 7) is 3.59. The molecule has 23 heavy (non-hydrogen) atoms. The van der Waals surface area contributed by atoms with Crippen LogP contribution < -0.4 is 5.32 Å². The minimum Gasteiger partial charge on any atom is -0.478 e. The molecule has 0 aliphatic heterocycles. The summed E-state index contributed by atoms with van der Waals surface area (Å²) in [5.74, 6) is -3.60. The first-order valence-electron chi connectivity index (χ1n) is 6.42. The molecule has 2 N–H and O–H groups in total. The number of aryl methyl sites for hydroxylation is 2. The first-order chi connectivity index (χ1) is 10.6. The zero-order valence-electron chi connectivity index (χ0n) is 12.1. The van der Waals surface area contributed by atoms with Gasteiger partial charge >= 0.3 is 18.1 Å². The molecule has 4 nitrogen and oxygen atoms in total. The van der Waals surface area contributed by atoms with E-state index in [1.165, 1.54) is 5.38 Å². The summed E-state index contributed by atoms with van der Waals surface area (Å²) in [4.78, 5) is 22.5. The lowest BCUT2D eigenvalue weighted by molar-refractivity contribution is -0.167. The predicted molar refractivity (Wildman–Crippen MR) is 80.9 cm³/mol. The van der Waals surface area contributed by atoms with Crippen LogP contribution in [0, 0.1) is 13.8 Å². The fourth-order valence-electron chi connectivity index (χ4n) is 2.06. The summed E-state index contributed by atoms with van der Waals surface area (Å²) in [6.07, 6.45) is -5.08. The lowest BCUT2D eigenvalue weighted by Gasteiger charge is -2.09. The molecule has 1 aromatic heterocycles. The smallest absolute Gasteiger partial charge is 0.471 e. The van der Waals surface area contributed by atoms with Gasteiger partial charge in [0, 0.05) is 10.9 Å². The SMILES string of the molecule is Cc1ccc(C)c(-c2csc(NC(=O)C(F)(F)F)c2C(=O)O)c1. The summed E-state index contributed by atoms with van der Waals surface area (Å²) in [6, 6.07) is 5.39.